The first kappa shape index (κ1) is 24.5. The zero-order chi connectivity index (χ0) is 25.7. The average Bonchev–Trinajstić information content (AvgIpc) is 3.30. The van der Waals surface area contributed by atoms with Crippen LogP contribution in [0.4, 0.5) is 22.1 Å². The van der Waals surface area contributed by atoms with Crippen molar-refractivity contribution >= 4 is 23.4 Å². The smallest absolute Gasteiger partial charge is 0.323 e. The quantitative estimate of drug-likeness (QED) is 0.433. The van der Waals surface area contributed by atoms with Crippen LogP contribution in [0, 0.1) is 5.92 Å². The number of nitrogens with one attached hydrogen (secondary N) is 3. The lowest BCUT2D eigenvalue weighted by Gasteiger charge is -2.32. The van der Waals surface area contributed by atoms with Gasteiger partial charge in [-0.05, 0) is 68.6 Å². The summed E-state index contributed by atoms with van der Waals surface area (Å²) in [5, 5.41) is 9.02. The van der Waals surface area contributed by atoms with Crippen LogP contribution in [0.5, 0.6) is 6.01 Å². The van der Waals surface area contributed by atoms with Crippen LogP contribution < -0.4 is 25.6 Å². The van der Waals surface area contributed by atoms with Crippen molar-refractivity contribution in [3.63, 3.8) is 0 Å². The molecule has 3 aromatic rings. The van der Waals surface area contributed by atoms with Crippen molar-refractivity contribution in [3.8, 4) is 17.4 Å². The first-order valence-electron chi connectivity index (χ1n) is 13.3. The summed E-state index contributed by atoms with van der Waals surface area (Å²) in [5.41, 5.74) is 2.08. The van der Waals surface area contributed by atoms with Crippen molar-refractivity contribution in [1.29, 1.82) is 0 Å². The summed E-state index contributed by atoms with van der Waals surface area (Å²) >= 11 is 0. The van der Waals surface area contributed by atoms with Gasteiger partial charge in [0.1, 0.15) is 0 Å². The van der Waals surface area contributed by atoms with E-state index in [-0.39, 0.29) is 18.2 Å². The van der Waals surface area contributed by atoms with Gasteiger partial charge in [-0.3, -0.25) is 4.98 Å². The van der Waals surface area contributed by atoms with Crippen molar-refractivity contribution in [2.24, 2.45) is 5.92 Å². The summed E-state index contributed by atoms with van der Waals surface area (Å²) in [6, 6.07) is 11.0. The Hall–Kier alpha value is -3.83. The molecule has 3 fully saturated rings. The van der Waals surface area contributed by atoms with E-state index in [0.29, 0.717) is 41.7 Å². The van der Waals surface area contributed by atoms with Gasteiger partial charge in [-0.15, -0.1) is 0 Å². The Morgan fingerprint density at radius 3 is 2.58 bits per heavy atom. The van der Waals surface area contributed by atoms with Crippen LogP contribution in [-0.2, 0) is 4.74 Å². The molecule has 38 heavy (non-hydrogen) atoms. The molecule has 0 radical (unpaired) electrons. The van der Waals surface area contributed by atoms with E-state index in [1.54, 1.807) is 24.5 Å². The number of ether oxygens (including phenoxy) is 2. The van der Waals surface area contributed by atoms with E-state index in [1.165, 1.54) is 0 Å². The van der Waals surface area contributed by atoms with E-state index in [0.717, 1.165) is 57.4 Å². The largest absolute Gasteiger partial charge is 0.463 e. The van der Waals surface area contributed by atoms with Crippen molar-refractivity contribution in [1.82, 2.24) is 25.3 Å². The Bertz CT molecular complexity index is 1220. The number of carbonyl (C=O) groups is 1. The van der Waals surface area contributed by atoms with Crippen LogP contribution in [0.2, 0.25) is 0 Å². The van der Waals surface area contributed by atoms with Crippen LogP contribution in [0.1, 0.15) is 25.7 Å². The van der Waals surface area contributed by atoms with Crippen LogP contribution in [0.3, 0.4) is 0 Å². The maximum absolute atomic E-state index is 12.3. The molecular weight excluding hydrogens is 484 g/mol. The maximum atomic E-state index is 12.3. The molecule has 11 heteroatoms. The SMILES string of the molecule is O=C(Nc1ccc(-c2nc(OCC3CCCNC3)nc(N3CC4CCC(C3)O4)n2)cc1)Nc1cccnc1. The number of pyridine rings is 1. The molecule has 11 nitrogen and oxygen atoms in total. The van der Waals surface area contributed by atoms with E-state index in [2.05, 4.69) is 30.8 Å². The molecular formula is C27H32N8O3. The molecule has 6 rings (SSSR count). The highest BCUT2D eigenvalue weighted by atomic mass is 16.5. The van der Waals surface area contributed by atoms with Gasteiger partial charge in [0.15, 0.2) is 5.82 Å². The van der Waals surface area contributed by atoms with E-state index in [4.69, 9.17) is 19.4 Å². The lowest BCUT2D eigenvalue weighted by atomic mass is 10.0. The van der Waals surface area contributed by atoms with Gasteiger partial charge in [-0.1, -0.05) is 0 Å². The van der Waals surface area contributed by atoms with Crippen LogP contribution in [-0.4, -0.2) is 71.0 Å². The average molecular weight is 517 g/mol. The van der Waals surface area contributed by atoms with Gasteiger partial charge in [-0.25, -0.2) is 4.79 Å². The minimum absolute atomic E-state index is 0.217. The molecule has 1 aromatic carbocycles. The molecule has 198 valence electrons. The van der Waals surface area contributed by atoms with Crippen LogP contribution >= 0.6 is 0 Å². The van der Waals surface area contributed by atoms with Gasteiger partial charge in [0.05, 0.1) is 30.7 Å². The van der Waals surface area contributed by atoms with E-state index in [1.807, 2.05) is 24.3 Å². The third-order valence-electron chi connectivity index (χ3n) is 7.10. The number of morpholine rings is 1. The molecule has 3 aliphatic rings. The third kappa shape index (κ3) is 6.00. The molecule has 5 heterocycles. The fourth-order valence-corrected chi connectivity index (χ4v) is 5.15. The number of fused-ring (bicyclic) bond motifs is 2. The second kappa shape index (κ2) is 11.3. The molecule has 2 aromatic heterocycles. The second-order valence-corrected chi connectivity index (χ2v) is 10.0. The summed E-state index contributed by atoms with van der Waals surface area (Å²) in [7, 11) is 0. The maximum Gasteiger partial charge on any atom is 0.323 e. The number of hydrogen-bond donors (Lipinski definition) is 3. The van der Waals surface area contributed by atoms with E-state index in [9.17, 15) is 4.79 Å². The van der Waals surface area contributed by atoms with E-state index >= 15 is 0 Å². The zero-order valence-corrected chi connectivity index (χ0v) is 21.2. The highest BCUT2D eigenvalue weighted by Gasteiger charge is 2.35. The normalized spacial score (nSPS) is 22.6. The van der Waals surface area contributed by atoms with Gasteiger partial charge in [0, 0.05) is 43.0 Å². The Morgan fingerprint density at radius 2 is 1.84 bits per heavy atom. The van der Waals surface area contributed by atoms with Gasteiger partial charge in [0.2, 0.25) is 5.95 Å². The molecule has 3 N–H and O–H groups in total. The monoisotopic (exact) mass is 516 g/mol. The molecule has 3 saturated heterocycles. The summed E-state index contributed by atoms with van der Waals surface area (Å²) in [5.74, 6) is 1.59. The number of benzene rings is 1. The van der Waals surface area contributed by atoms with Gasteiger partial charge < -0.3 is 30.3 Å². The van der Waals surface area contributed by atoms with Crippen LogP contribution in [0.15, 0.2) is 48.8 Å². The molecule has 3 atom stereocenters. The summed E-state index contributed by atoms with van der Waals surface area (Å²) < 4.78 is 12.1. The lowest BCUT2D eigenvalue weighted by Crippen LogP contribution is -2.43. The van der Waals surface area contributed by atoms with Crippen molar-refractivity contribution < 1.29 is 14.3 Å². The Balaban J connectivity index is 1.19. The predicted octanol–water partition coefficient (Wildman–Crippen LogP) is 3.32. The minimum Gasteiger partial charge on any atom is -0.463 e. The number of amides is 2. The van der Waals surface area contributed by atoms with Crippen LogP contribution in [0.25, 0.3) is 11.4 Å². The van der Waals surface area contributed by atoms with Gasteiger partial charge in [0.25, 0.3) is 0 Å². The number of carbonyl (C=O) groups excluding carboxylic acids is 1. The number of anilines is 3. The standard InChI is InChI=1S/C27H32N8O3/c36-26(31-21-4-2-12-29-14-21)30-20-7-5-19(6-8-20)24-32-25(35-15-22-9-10-23(16-35)38-22)34-27(33-24)37-17-18-3-1-11-28-13-18/h2,4-8,12,14,18,22-23,28H,1,3,9-11,13,15-17H2,(H2,30,31,36). The summed E-state index contributed by atoms with van der Waals surface area (Å²) in [6.07, 6.45) is 8.10. The fraction of sp³-hybridized carbons (Fsp3) is 0.444. The molecule has 0 spiro atoms. The minimum atomic E-state index is -0.344. The fourth-order valence-electron chi connectivity index (χ4n) is 5.15. The lowest BCUT2D eigenvalue weighted by molar-refractivity contribution is 0.0298. The topological polar surface area (TPSA) is 126 Å². The Labute approximate surface area is 221 Å². The Kier molecular flexibility index (Phi) is 7.27. The third-order valence-corrected chi connectivity index (χ3v) is 7.10. The van der Waals surface area contributed by atoms with Gasteiger partial charge >= 0.3 is 12.0 Å². The molecule has 3 aliphatic heterocycles. The predicted molar refractivity (Wildman–Crippen MR) is 143 cm³/mol. The summed E-state index contributed by atoms with van der Waals surface area (Å²) in [6.45, 7) is 4.10. The van der Waals surface area contributed by atoms with Crippen molar-refractivity contribution in [2.75, 3.05) is 48.3 Å². The molecule has 3 unspecified atom stereocenters. The zero-order valence-electron chi connectivity index (χ0n) is 21.2. The van der Waals surface area contributed by atoms with Crippen molar-refractivity contribution in [2.45, 2.75) is 37.9 Å². The van der Waals surface area contributed by atoms with Crippen molar-refractivity contribution in [3.05, 3.63) is 48.8 Å². The molecule has 2 bridgehead atoms. The number of hydrogen-bond acceptors (Lipinski definition) is 9. The first-order chi connectivity index (χ1) is 18.7. The Morgan fingerprint density at radius 1 is 1.03 bits per heavy atom. The summed E-state index contributed by atoms with van der Waals surface area (Å²) in [4.78, 5) is 32.7. The highest BCUT2D eigenvalue weighted by molar-refractivity contribution is 5.99. The number of rotatable bonds is 7. The number of urea groups is 1. The number of aromatic nitrogens is 4. The molecule has 0 aliphatic carbocycles. The van der Waals surface area contributed by atoms with E-state index < -0.39 is 0 Å². The first-order valence-corrected chi connectivity index (χ1v) is 13.3. The second-order valence-electron chi connectivity index (χ2n) is 10.0. The number of piperidine rings is 1. The number of nitrogens with zero attached hydrogens (tertiary/aromatic N) is 5. The highest BCUT2D eigenvalue weighted by Crippen LogP contribution is 2.30. The van der Waals surface area contributed by atoms with Gasteiger partial charge in [-0.2, -0.15) is 15.0 Å². The molecule has 0 saturated carbocycles. The molecule has 2 amide bonds.